The summed E-state index contributed by atoms with van der Waals surface area (Å²) in [5.74, 6) is 0.109. The van der Waals surface area contributed by atoms with Crippen LogP contribution in [0.25, 0.3) is 0 Å². The van der Waals surface area contributed by atoms with Crippen LogP contribution in [0.3, 0.4) is 0 Å². The van der Waals surface area contributed by atoms with Crippen molar-refractivity contribution in [2.24, 2.45) is 5.92 Å². The van der Waals surface area contributed by atoms with Gasteiger partial charge in [-0.3, -0.25) is 4.79 Å². The van der Waals surface area contributed by atoms with Gasteiger partial charge in [0.15, 0.2) is 0 Å². The van der Waals surface area contributed by atoms with Crippen LogP contribution < -0.4 is 0 Å². The molecule has 3 unspecified atom stereocenters. The molecule has 0 aromatic heterocycles. The summed E-state index contributed by atoms with van der Waals surface area (Å²) in [6.07, 6.45) is 0.994. The molecule has 16 heavy (non-hydrogen) atoms. The summed E-state index contributed by atoms with van der Waals surface area (Å²) in [6.45, 7) is 3.49. The summed E-state index contributed by atoms with van der Waals surface area (Å²) in [5.41, 5.74) is 0. The van der Waals surface area contributed by atoms with Crippen LogP contribution in [0.4, 0.5) is 0 Å². The standard InChI is InChI=1S/C11H20ClNO3/c1-8-4-9(6-16-8)11(14)13(2)5-10(12)7-15-3/h8-10H,4-7H2,1-3H3. The molecule has 0 aliphatic carbocycles. The van der Waals surface area contributed by atoms with Gasteiger partial charge in [0.2, 0.25) is 5.91 Å². The van der Waals surface area contributed by atoms with Crippen molar-refractivity contribution in [1.82, 2.24) is 4.90 Å². The summed E-state index contributed by atoms with van der Waals surface area (Å²) in [7, 11) is 3.38. The van der Waals surface area contributed by atoms with Crippen molar-refractivity contribution in [2.75, 3.05) is 33.9 Å². The summed E-state index contributed by atoms with van der Waals surface area (Å²) in [4.78, 5) is 13.6. The Bertz CT molecular complexity index is 237. The van der Waals surface area contributed by atoms with Gasteiger partial charge in [-0.25, -0.2) is 0 Å². The van der Waals surface area contributed by atoms with Crippen molar-refractivity contribution < 1.29 is 14.3 Å². The van der Waals surface area contributed by atoms with Crippen molar-refractivity contribution in [3.63, 3.8) is 0 Å². The summed E-state index contributed by atoms with van der Waals surface area (Å²) < 4.78 is 10.3. The number of carbonyl (C=O) groups is 1. The first kappa shape index (κ1) is 13.7. The fourth-order valence-electron chi connectivity index (χ4n) is 1.92. The minimum atomic E-state index is -0.154. The van der Waals surface area contributed by atoms with Crippen LogP contribution in [-0.4, -0.2) is 56.2 Å². The van der Waals surface area contributed by atoms with E-state index in [4.69, 9.17) is 21.1 Å². The van der Waals surface area contributed by atoms with Crippen LogP contribution in [0.5, 0.6) is 0 Å². The number of nitrogens with zero attached hydrogens (tertiary/aromatic N) is 1. The molecule has 0 spiro atoms. The van der Waals surface area contributed by atoms with Crippen molar-refractivity contribution >= 4 is 17.5 Å². The van der Waals surface area contributed by atoms with E-state index in [-0.39, 0.29) is 23.3 Å². The van der Waals surface area contributed by atoms with E-state index in [1.165, 1.54) is 0 Å². The van der Waals surface area contributed by atoms with Gasteiger partial charge in [0.25, 0.3) is 0 Å². The van der Waals surface area contributed by atoms with Gasteiger partial charge in [-0.1, -0.05) is 0 Å². The van der Waals surface area contributed by atoms with E-state index >= 15 is 0 Å². The molecule has 1 aliphatic rings. The van der Waals surface area contributed by atoms with E-state index in [2.05, 4.69) is 0 Å². The van der Waals surface area contributed by atoms with E-state index < -0.39 is 0 Å². The van der Waals surface area contributed by atoms with Gasteiger partial charge in [-0.05, 0) is 13.3 Å². The van der Waals surface area contributed by atoms with E-state index in [9.17, 15) is 4.79 Å². The molecule has 1 amide bonds. The molecule has 0 radical (unpaired) electrons. The summed E-state index contributed by atoms with van der Waals surface area (Å²) >= 11 is 6.01. The Hall–Kier alpha value is -0.320. The molecular weight excluding hydrogens is 230 g/mol. The molecule has 1 aliphatic heterocycles. The number of rotatable bonds is 5. The minimum Gasteiger partial charge on any atom is -0.383 e. The summed E-state index contributed by atoms with van der Waals surface area (Å²) in [6, 6.07) is 0. The number of carbonyl (C=O) groups excluding carboxylic acids is 1. The lowest BCUT2D eigenvalue weighted by molar-refractivity contribution is -0.134. The van der Waals surface area contributed by atoms with Gasteiger partial charge in [0, 0.05) is 20.7 Å². The van der Waals surface area contributed by atoms with Gasteiger partial charge in [-0.2, -0.15) is 0 Å². The molecule has 3 atom stereocenters. The molecular formula is C11H20ClNO3. The highest BCUT2D eigenvalue weighted by molar-refractivity contribution is 6.21. The van der Waals surface area contributed by atoms with Crippen LogP contribution in [-0.2, 0) is 14.3 Å². The molecule has 5 heteroatoms. The lowest BCUT2D eigenvalue weighted by atomic mass is 10.0. The molecule has 94 valence electrons. The normalized spacial score (nSPS) is 26.8. The van der Waals surface area contributed by atoms with Gasteiger partial charge < -0.3 is 14.4 Å². The Morgan fingerprint density at radius 2 is 2.38 bits per heavy atom. The second-order valence-electron chi connectivity index (χ2n) is 4.35. The average Bonchev–Trinajstić information content (AvgIpc) is 2.64. The highest BCUT2D eigenvalue weighted by atomic mass is 35.5. The maximum absolute atomic E-state index is 12.0. The molecule has 1 saturated heterocycles. The largest absolute Gasteiger partial charge is 0.383 e. The van der Waals surface area contributed by atoms with E-state index in [0.29, 0.717) is 19.8 Å². The number of methoxy groups -OCH3 is 1. The molecule has 1 heterocycles. The van der Waals surface area contributed by atoms with Crippen molar-refractivity contribution in [1.29, 1.82) is 0 Å². The fraction of sp³-hybridized carbons (Fsp3) is 0.909. The molecule has 0 saturated carbocycles. The SMILES string of the molecule is COCC(Cl)CN(C)C(=O)C1COC(C)C1. The number of alkyl halides is 1. The molecule has 1 fully saturated rings. The van der Waals surface area contributed by atoms with Crippen molar-refractivity contribution in [2.45, 2.75) is 24.8 Å². The molecule has 0 aromatic carbocycles. The van der Waals surface area contributed by atoms with Crippen molar-refractivity contribution in [3.8, 4) is 0 Å². The average molecular weight is 250 g/mol. The third-order valence-corrected chi connectivity index (χ3v) is 3.01. The first-order valence-corrected chi connectivity index (χ1v) is 5.97. The molecule has 0 aromatic rings. The first-order valence-electron chi connectivity index (χ1n) is 5.54. The van der Waals surface area contributed by atoms with E-state index in [1.807, 2.05) is 6.92 Å². The quantitative estimate of drug-likeness (QED) is 0.686. The third kappa shape index (κ3) is 3.92. The zero-order valence-electron chi connectivity index (χ0n) is 10.1. The number of hydrogen-bond donors (Lipinski definition) is 0. The van der Waals surface area contributed by atoms with Crippen molar-refractivity contribution in [3.05, 3.63) is 0 Å². The maximum Gasteiger partial charge on any atom is 0.227 e. The van der Waals surface area contributed by atoms with Crippen LogP contribution in [0.2, 0.25) is 0 Å². The predicted octanol–water partition coefficient (Wildman–Crippen LogP) is 1.12. The monoisotopic (exact) mass is 249 g/mol. The topological polar surface area (TPSA) is 38.8 Å². The van der Waals surface area contributed by atoms with Gasteiger partial charge in [-0.15, -0.1) is 11.6 Å². The van der Waals surface area contributed by atoms with Gasteiger partial charge in [0.1, 0.15) is 0 Å². The Morgan fingerprint density at radius 1 is 1.69 bits per heavy atom. The van der Waals surface area contributed by atoms with Crippen LogP contribution in [0.1, 0.15) is 13.3 Å². The lowest BCUT2D eigenvalue weighted by Crippen LogP contribution is -2.38. The predicted molar refractivity (Wildman–Crippen MR) is 62.7 cm³/mol. The Morgan fingerprint density at radius 3 is 2.88 bits per heavy atom. The van der Waals surface area contributed by atoms with Crippen LogP contribution in [0.15, 0.2) is 0 Å². The zero-order chi connectivity index (χ0) is 12.1. The zero-order valence-corrected chi connectivity index (χ0v) is 10.9. The van der Waals surface area contributed by atoms with E-state index in [1.54, 1.807) is 19.1 Å². The molecule has 0 bridgehead atoms. The third-order valence-electron chi connectivity index (χ3n) is 2.74. The second kappa shape index (κ2) is 6.42. The van der Waals surface area contributed by atoms with Gasteiger partial charge >= 0.3 is 0 Å². The van der Waals surface area contributed by atoms with Crippen LogP contribution >= 0.6 is 11.6 Å². The highest BCUT2D eigenvalue weighted by Gasteiger charge is 2.30. The first-order chi connectivity index (χ1) is 7.54. The van der Waals surface area contributed by atoms with Crippen LogP contribution in [0, 0.1) is 5.92 Å². The lowest BCUT2D eigenvalue weighted by Gasteiger charge is -2.22. The number of halogens is 1. The minimum absolute atomic E-state index is 0.00795. The molecule has 1 rings (SSSR count). The Balaban J connectivity index is 2.35. The highest BCUT2D eigenvalue weighted by Crippen LogP contribution is 2.21. The number of hydrogen-bond acceptors (Lipinski definition) is 3. The van der Waals surface area contributed by atoms with Gasteiger partial charge in [0.05, 0.1) is 30.6 Å². The number of amides is 1. The number of ether oxygens (including phenoxy) is 2. The van der Waals surface area contributed by atoms with E-state index in [0.717, 1.165) is 6.42 Å². The Kier molecular flexibility index (Phi) is 5.52. The summed E-state index contributed by atoms with van der Waals surface area (Å²) in [5, 5.41) is -0.154. The second-order valence-corrected chi connectivity index (χ2v) is 4.97. The molecule has 4 nitrogen and oxygen atoms in total. The smallest absolute Gasteiger partial charge is 0.227 e. The maximum atomic E-state index is 12.0. The molecule has 0 N–H and O–H groups in total. The fourth-order valence-corrected chi connectivity index (χ4v) is 2.25. The Labute approximate surface area is 102 Å².